The molecule has 0 aromatic heterocycles. The summed E-state index contributed by atoms with van der Waals surface area (Å²) < 4.78 is 0. The van der Waals surface area contributed by atoms with Crippen molar-refractivity contribution in [2.24, 2.45) is 5.92 Å². The van der Waals surface area contributed by atoms with Crippen LogP contribution in [0.5, 0.6) is 0 Å². The van der Waals surface area contributed by atoms with Crippen LogP contribution in [-0.2, 0) is 0 Å². The summed E-state index contributed by atoms with van der Waals surface area (Å²) in [5.41, 5.74) is 13.3. The van der Waals surface area contributed by atoms with Crippen LogP contribution < -0.4 is 0 Å². The predicted octanol–water partition coefficient (Wildman–Crippen LogP) is 8.80. The number of rotatable bonds is 6. The Labute approximate surface area is 188 Å². The zero-order valence-electron chi connectivity index (χ0n) is 19.3. The minimum absolute atomic E-state index is 0.271. The molecular formula is C31H34. The van der Waals surface area contributed by atoms with E-state index < -0.39 is 0 Å². The minimum atomic E-state index is 0.271. The molecule has 1 fully saturated rings. The molecule has 1 saturated carbocycles. The molecule has 1 aromatic rings. The van der Waals surface area contributed by atoms with Gasteiger partial charge in [-0.05, 0) is 72.1 Å². The van der Waals surface area contributed by atoms with E-state index in [4.69, 9.17) is 0 Å². The standard InChI is InChI=1S/C31H34/c1-7-11-21(4)29-22(5)16-28-19-27(17-24-12-8-9-13-24)23(6)30(28)31(29)26-15-10-14-25(18-26)20(2)3/h8-10,12,14-18,30-31H,2,4,6-7,11,13,19H2,1,3,5H3/b27-17+. The van der Waals surface area contributed by atoms with Gasteiger partial charge in [-0.1, -0.05) is 104 Å². The van der Waals surface area contributed by atoms with Crippen LogP contribution in [0.3, 0.4) is 0 Å². The fourth-order valence-electron chi connectivity index (χ4n) is 5.42. The molecule has 0 saturated heterocycles. The van der Waals surface area contributed by atoms with Crippen molar-refractivity contribution < 1.29 is 0 Å². The third kappa shape index (κ3) is 4.04. The maximum atomic E-state index is 4.63. The van der Waals surface area contributed by atoms with E-state index in [1.807, 2.05) is 0 Å². The number of hydrogen-bond acceptors (Lipinski definition) is 0. The molecule has 0 heterocycles. The Kier molecular flexibility index (Phi) is 6.01. The molecule has 0 radical (unpaired) electrons. The molecule has 0 amide bonds. The Morgan fingerprint density at radius 1 is 1.19 bits per heavy atom. The molecule has 0 spiro atoms. The van der Waals surface area contributed by atoms with Crippen molar-refractivity contribution in [2.75, 3.05) is 0 Å². The topological polar surface area (TPSA) is 0 Å². The molecule has 0 N–H and O–H groups in total. The zero-order chi connectivity index (χ0) is 22.1. The third-order valence-corrected chi connectivity index (χ3v) is 6.88. The van der Waals surface area contributed by atoms with Gasteiger partial charge in [0.25, 0.3) is 0 Å². The maximum absolute atomic E-state index is 4.63. The average molecular weight is 407 g/mol. The van der Waals surface area contributed by atoms with Crippen molar-refractivity contribution in [3.63, 3.8) is 0 Å². The highest BCUT2D eigenvalue weighted by Gasteiger charge is 2.40. The molecule has 0 heteroatoms. The summed E-state index contributed by atoms with van der Waals surface area (Å²) in [5.74, 6) is 0.585. The Balaban J connectivity index is 1.82. The second-order valence-electron chi connectivity index (χ2n) is 9.28. The van der Waals surface area contributed by atoms with Gasteiger partial charge in [0.15, 0.2) is 0 Å². The van der Waals surface area contributed by atoms with E-state index in [1.165, 1.54) is 50.1 Å². The van der Waals surface area contributed by atoms with Gasteiger partial charge in [0.1, 0.15) is 0 Å². The van der Waals surface area contributed by atoms with Gasteiger partial charge in [-0.3, -0.25) is 0 Å². The van der Waals surface area contributed by atoms with Crippen LogP contribution in [0.15, 0.2) is 113 Å². The Morgan fingerprint density at radius 2 is 2.00 bits per heavy atom. The van der Waals surface area contributed by atoms with Gasteiger partial charge < -0.3 is 0 Å². The van der Waals surface area contributed by atoms with Gasteiger partial charge in [-0.2, -0.15) is 0 Å². The van der Waals surface area contributed by atoms with Gasteiger partial charge >= 0.3 is 0 Å². The lowest BCUT2D eigenvalue weighted by atomic mass is 9.69. The number of allylic oxidation sites excluding steroid dienone is 13. The van der Waals surface area contributed by atoms with Crippen molar-refractivity contribution in [3.05, 3.63) is 125 Å². The lowest BCUT2D eigenvalue weighted by Crippen LogP contribution is -2.21. The molecule has 0 bridgehead atoms. The first kappa shape index (κ1) is 21.4. The molecule has 158 valence electrons. The van der Waals surface area contributed by atoms with E-state index >= 15 is 0 Å². The second-order valence-corrected chi connectivity index (χ2v) is 9.28. The van der Waals surface area contributed by atoms with E-state index in [2.05, 4.69) is 95.2 Å². The zero-order valence-corrected chi connectivity index (χ0v) is 19.3. The van der Waals surface area contributed by atoms with Gasteiger partial charge in [0.05, 0.1) is 0 Å². The summed E-state index contributed by atoms with van der Waals surface area (Å²) >= 11 is 0. The molecule has 0 aliphatic heterocycles. The van der Waals surface area contributed by atoms with Crippen molar-refractivity contribution >= 4 is 5.57 Å². The average Bonchev–Trinajstić information content (AvgIpc) is 3.35. The highest BCUT2D eigenvalue weighted by Crippen LogP contribution is 2.55. The summed E-state index contributed by atoms with van der Waals surface area (Å²) in [4.78, 5) is 0. The summed E-state index contributed by atoms with van der Waals surface area (Å²) in [7, 11) is 0. The molecule has 4 rings (SSSR count). The smallest absolute Gasteiger partial charge is 0.0201 e. The Bertz CT molecular complexity index is 1110. The SMILES string of the molecule is C=C(CCC)C1=C(C)C=C2C/C(=C\C3=CC=CC3)C(=C)C2C1c1cccc(C(=C)C)c1. The molecular weight excluding hydrogens is 372 g/mol. The highest BCUT2D eigenvalue weighted by atomic mass is 14.4. The Hall–Kier alpha value is -2.86. The van der Waals surface area contributed by atoms with Crippen LogP contribution >= 0.6 is 0 Å². The van der Waals surface area contributed by atoms with Gasteiger partial charge in [-0.25, -0.2) is 0 Å². The number of benzene rings is 1. The van der Waals surface area contributed by atoms with Crippen molar-refractivity contribution in [3.8, 4) is 0 Å². The monoisotopic (exact) mass is 406 g/mol. The first-order valence-corrected chi connectivity index (χ1v) is 11.5. The normalized spacial score (nSPS) is 23.8. The van der Waals surface area contributed by atoms with Crippen LogP contribution in [0.1, 0.15) is 63.5 Å². The largest absolute Gasteiger partial charge is 0.0955 e. The summed E-state index contributed by atoms with van der Waals surface area (Å²) in [6.07, 6.45) is 15.6. The van der Waals surface area contributed by atoms with Crippen LogP contribution in [0.4, 0.5) is 0 Å². The van der Waals surface area contributed by atoms with Gasteiger partial charge in [-0.15, -0.1) is 0 Å². The Morgan fingerprint density at radius 3 is 2.68 bits per heavy atom. The summed E-state index contributed by atoms with van der Waals surface area (Å²) in [6, 6.07) is 8.96. The van der Waals surface area contributed by atoms with E-state index in [0.29, 0.717) is 5.92 Å². The van der Waals surface area contributed by atoms with Crippen LogP contribution in [-0.4, -0.2) is 0 Å². The van der Waals surface area contributed by atoms with Crippen molar-refractivity contribution in [1.29, 1.82) is 0 Å². The maximum Gasteiger partial charge on any atom is 0.0201 e. The fraction of sp³-hybridized carbons (Fsp3) is 0.290. The molecule has 3 aliphatic rings. The first-order chi connectivity index (χ1) is 14.9. The number of fused-ring (bicyclic) bond motifs is 1. The van der Waals surface area contributed by atoms with Crippen molar-refractivity contribution in [2.45, 2.75) is 52.4 Å². The molecule has 31 heavy (non-hydrogen) atoms. The minimum Gasteiger partial charge on any atom is -0.0955 e. The molecule has 2 unspecified atom stereocenters. The highest BCUT2D eigenvalue weighted by molar-refractivity contribution is 5.65. The molecule has 1 aromatic carbocycles. The van der Waals surface area contributed by atoms with Gasteiger partial charge in [0.2, 0.25) is 0 Å². The van der Waals surface area contributed by atoms with E-state index in [-0.39, 0.29) is 5.92 Å². The van der Waals surface area contributed by atoms with E-state index in [9.17, 15) is 0 Å². The lowest BCUT2D eigenvalue weighted by Gasteiger charge is -2.35. The number of hydrogen-bond donors (Lipinski definition) is 0. The van der Waals surface area contributed by atoms with Crippen molar-refractivity contribution in [1.82, 2.24) is 0 Å². The second kappa shape index (κ2) is 8.71. The third-order valence-electron chi connectivity index (χ3n) is 6.88. The molecule has 3 aliphatic carbocycles. The van der Waals surface area contributed by atoms with Crippen LogP contribution in [0.2, 0.25) is 0 Å². The lowest BCUT2D eigenvalue weighted by molar-refractivity contribution is 0.619. The molecule has 2 atom stereocenters. The fourth-order valence-corrected chi connectivity index (χ4v) is 5.42. The summed E-state index contributed by atoms with van der Waals surface area (Å²) in [5, 5.41) is 0. The van der Waals surface area contributed by atoms with Crippen LogP contribution in [0, 0.1) is 5.92 Å². The summed E-state index contributed by atoms with van der Waals surface area (Å²) in [6.45, 7) is 19.9. The molecule has 0 nitrogen and oxygen atoms in total. The van der Waals surface area contributed by atoms with E-state index in [1.54, 1.807) is 0 Å². The first-order valence-electron chi connectivity index (χ1n) is 11.5. The van der Waals surface area contributed by atoms with Gasteiger partial charge in [0, 0.05) is 11.8 Å². The quantitative estimate of drug-likeness (QED) is 0.443. The predicted molar refractivity (Wildman–Crippen MR) is 136 cm³/mol. The van der Waals surface area contributed by atoms with Crippen LogP contribution in [0.25, 0.3) is 5.57 Å². The van der Waals surface area contributed by atoms with E-state index in [0.717, 1.165) is 31.3 Å².